The number of methoxy groups -OCH3 is 1. The summed E-state index contributed by atoms with van der Waals surface area (Å²) in [5, 5.41) is 3.66. The van der Waals surface area contributed by atoms with E-state index in [1.165, 1.54) is 13.2 Å². The average molecular weight is 274 g/mol. The van der Waals surface area contributed by atoms with Crippen LogP contribution in [0.25, 0.3) is 0 Å². The number of hydrogen-bond acceptors (Lipinski definition) is 4. The first kappa shape index (κ1) is 14.1. The minimum atomic E-state index is -0.195. The highest BCUT2D eigenvalue weighted by Gasteiger charge is 2.23. The Morgan fingerprint density at radius 1 is 1.35 bits per heavy atom. The Balaban J connectivity index is 2.18. The predicted molar refractivity (Wildman–Crippen MR) is 74.5 cm³/mol. The Kier molecular flexibility index (Phi) is 4.40. The van der Waals surface area contributed by atoms with Crippen molar-refractivity contribution < 1.29 is 14.1 Å². The van der Waals surface area contributed by atoms with Crippen LogP contribution in [0.5, 0.6) is 5.88 Å². The van der Waals surface area contributed by atoms with Gasteiger partial charge in [0.05, 0.1) is 13.2 Å². The van der Waals surface area contributed by atoms with Gasteiger partial charge in [0.15, 0.2) is 0 Å². The molecular weight excluding hydrogens is 256 g/mol. The van der Waals surface area contributed by atoms with Crippen LogP contribution in [0.15, 0.2) is 40.9 Å². The van der Waals surface area contributed by atoms with E-state index in [0.717, 1.165) is 5.56 Å². The first-order chi connectivity index (χ1) is 9.61. The first-order valence-electron chi connectivity index (χ1n) is 6.47. The number of rotatable bonds is 5. The SMILES string of the molecule is COc1cc(C(=O)N(Cc2ccccc2)C(C)C)on1. The van der Waals surface area contributed by atoms with Gasteiger partial charge in [-0.25, -0.2) is 0 Å². The third kappa shape index (κ3) is 3.17. The maximum absolute atomic E-state index is 12.5. The first-order valence-corrected chi connectivity index (χ1v) is 6.47. The number of carbonyl (C=O) groups excluding carboxylic acids is 1. The fourth-order valence-electron chi connectivity index (χ4n) is 1.87. The van der Waals surface area contributed by atoms with Crippen LogP contribution in [0.1, 0.15) is 30.0 Å². The second kappa shape index (κ2) is 6.23. The molecule has 0 aliphatic heterocycles. The van der Waals surface area contributed by atoms with Crippen LogP contribution in [0, 0.1) is 0 Å². The van der Waals surface area contributed by atoms with Crippen molar-refractivity contribution in [3.8, 4) is 5.88 Å². The molecule has 1 amide bonds. The standard InChI is InChI=1S/C15H18N2O3/c1-11(2)17(10-12-7-5-4-6-8-12)15(18)13-9-14(19-3)16-20-13/h4-9,11H,10H2,1-3H3. The van der Waals surface area contributed by atoms with Gasteiger partial charge in [-0.2, -0.15) is 0 Å². The second-order valence-corrected chi connectivity index (χ2v) is 4.75. The largest absolute Gasteiger partial charge is 0.479 e. The molecule has 1 heterocycles. The lowest BCUT2D eigenvalue weighted by Gasteiger charge is -2.25. The minimum absolute atomic E-state index is 0.0544. The average Bonchev–Trinajstić information content (AvgIpc) is 2.94. The zero-order valence-corrected chi connectivity index (χ0v) is 11.9. The maximum Gasteiger partial charge on any atom is 0.293 e. The quantitative estimate of drug-likeness (QED) is 0.841. The molecule has 2 rings (SSSR count). The van der Waals surface area contributed by atoms with Crippen molar-refractivity contribution in [1.82, 2.24) is 10.1 Å². The van der Waals surface area contributed by atoms with Crippen LogP contribution >= 0.6 is 0 Å². The Morgan fingerprint density at radius 2 is 2.05 bits per heavy atom. The lowest BCUT2D eigenvalue weighted by molar-refractivity contribution is 0.0647. The Morgan fingerprint density at radius 3 is 2.60 bits per heavy atom. The molecule has 106 valence electrons. The molecule has 0 bridgehead atoms. The smallest absolute Gasteiger partial charge is 0.293 e. The van der Waals surface area contributed by atoms with Gasteiger partial charge in [0.1, 0.15) is 0 Å². The van der Waals surface area contributed by atoms with Crippen LogP contribution in [-0.2, 0) is 6.54 Å². The molecule has 5 heteroatoms. The van der Waals surface area contributed by atoms with Crippen molar-refractivity contribution in [3.05, 3.63) is 47.7 Å². The van der Waals surface area contributed by atoms with E-state index in [-0.39, 0.29) is 17.7 Å². The summed E-state index contributed by atoms with van der Waals surface area (Å²) in [6.45, 7) is 4.46. The highest BCUT2D eigenvalue weighted by molar-refractivity contribution is 5.91. The molecule has 1 aromatic heterocycles. The van der Waals surface area contributed by atoms with Crippen LogP contribution < -0.4 is 4.74 Å². The van der Waals surface area contributed by atoms with Crippen molar-refractivity contribution in [3.63, 3.8) is 0 Å². The minimum Gasteiger partial charge on any atom is -0.479 e. The highest BCUT2D eigenvalue weighted by Crippen LogP contribution is 2.16. The van der Waals surface area contributed by atoms with Gasteiger partial charge < -0.3 is 14.2 Å². The van der Waals surface area contributed by atoms with Crippen molar-refractivity contribution >= 4 is 5.91 Å². The summed E-state index contributed by atoms with van der Waals surface area (Å²) in [6.07, 6.45) is 0. The molecule has 0 aliphatic carbocycles. The van der Waals surface area contributed by atoms with Crippen molar-refractivity contribution in [2.45, 2.75) is 26.4 Å². The number of ether oxygens (including phenoxy) is 1. The van der Waals surface area contributed by atoms with E-state index in [9.17, 15) is 4.79 Å². The molecule has 5 nitrogen and oxygen atoms in total. The molecule has 2 aromatic rings. The summed E-state index contributed by atoms with van der Waals surface area (Å²) in [7, 11) is 1.48. The van der Waals surface area contributed by atoms with Crippen molar-refractivity contribution in [2.75, 3.05) is 7.11 Å². The molecule has 0 aliphatic rings. The van der Waals surface area contributed by atoms with E-state index in [1.807, 2.05) is 44.2 Å². The lowest BCUT2D eigenvalue weighted by atomic mass is 10.2. The zero-order valence-electron chi connectivity index (χ0n) is 11.9. The van der Waals surface area contributed by atoms with Crippen LogP contribution in [0.2, 0.25) is 0 Å². The number of carbonyl (C=O) groups is 1. The second-order valence-electron chi connectivity index (χ2n) is 4.75. The summed E-state index contributed by atoms with van der Waals surface area (Å²) < 4.78 is 9.95. The molecule has 20 heavy (non-hydrogen) atoms. The van der Waals surface area contributed by atoms with Gasteiger partial charge in [0, 0.05) is 12.6 Å². The fourth-order valence-corrected chi connectivity index (χ4v) is 1.87. The van der Waals surface area contributed by atoms with Crippen LogP contribution in [-0.4, -0.2) is 29.1 Å². The molecule has 0 spiro atoms. The van der Waals surface area contributed by atoms with Gasteiger partial charge >= 0.3 is 0 Å². The molecule has 0 N–H and O–H groups in total. The van der Waals surface area contributed by atoms with Gasteiger partial charge in [0.2, 0.25) is 5.76 Å². The van der Waals surface area contributed by atoms with Gasteiger partial charge in [-0.1, -0.05) is 30.3 Å². The topological polar surface area (TPSA) is 55.6 Å². The van der Waals surface area contributed by atoms with Gasteiger partial charge in [-0.05, 0) is 24.6 Å². The summed E-state index contributed by atoms with van der Waals surface area (Å²) in [4.78, 5) is 14.2. The molecule has 0 fully saturated rings. The number of hydrogen-bond donors (Lipinski definition) is 0. The van der Waals surface area contributed by atoms with Gasteiger partial charge in [-0.15, -0.1) is 0 Å². The summed E-state index contributed by atoms with van der Waals surface area (Å²) in [6, 6.07) is 11.4. The number of aromatic nitrogens is 1. The maximum atomic E-state index is 12.5. The fraction of sp³-hybridized carbons (Fsp3) is 0.333. The normalized spacial score (nSPS) is 10.6. The molecule has 0 saturated carbocycles. The monoisotopic (exact) mass is 274 g/mol. The highest BCUT2D eigenvalue weighted by atomic mass is 16.5. The number of nitrogens with zero attached hydrogens (tertiary/aromatic N) is 2. The van der Waals surface area contributed by atoms with E-state index in [1.54, 1.807) is 4.90 Å². The number of benzene rings is 1. The molecule has 0 atom stereocenters. The van der Waals surface area contributed by atoms with E-state index in [2.05, 4.69) is 5.16 Å². The van der Waals surface area contributed by atoms with Gasteiger partial charge in [0.25, 0.3) is 11.8 Å². The Labute approximate surface area is 118 Å². The Hall–Kier alpha value is -2.30. The van der Waals surface area contributed by atoms with E-state index in [0.29, 0.717) is 12.4 Å². The zero-order chi connectivity index (χ0) is 14.5. The van der Waals surface area contributed by atoms with Gasteiger partial charge in [-0.3, -0.25) is 4.79 Å². The van der Waals surface area contributed by atoms with Crippen LogP contribution in [0.4, 0.5) is 0 Å². The molecule has 0 unspecified atom stereocenters. The summed E-state index contributed by atoms with van der Waals surface area (Å²) >= 11 is 0. The number of amides is 1. The molecule has 0 saturated heterocycles. The summed E-state index contributed by atoms with van der Waals surface area (Å²) in [5.74, 6) is 0.294. The van der Waals surface area contributed by atoms with E-state index >= 15 is 0 Å². The molecular formula is C15H18N2O3. The lowest BCUT2D eigenvalue weighted by Crippen LogP contribution is -2.36. The predicted octanol–water partition coefficient (Wildman–Crippen LogP) is 2.73. The summed E-state index contributed by atoms with van der Waals surface area (Å²) in [5.41, 5.74) is 1.07. The van der Waals surface area contributed by atoms with Crippen molar-refractivity contribution in [1.29, 1.82) is 0 Å². The van der Waals surface area contributed by atoms with E-state index < -0.39 is 0 Å². The molecule has 0 radical (unpaired) electrons. The van der Waals surface area contributed by atoms with Crippen molar-refractivity contribution in [2.24, 2.45) is 0 Å². The van der Waals surface area contributed by atoms with E-state index in [4.69, 9.17) is 9.26 Å². The molecule has 1 aromatic carbocycles. The Bertz CT molecular complexity index is 564. The third-order valence-corrected chi connectivity index (χ3v) is 2.99. The van der Waals surface area contributed by atoms with Crippen LogP contribution in [0.3, 0.4) is 0 Å². The third-order valence-electron chi connectivity index (χ3n) is 2.99.